The molecule has 0 saturated heterocycles. The van der Waals surface area contributed by atoms with Gasteiger partial charge >= 0.3 is 0 Å². The topological polar surface area (TPSA) is 3.24 Å². The predicted octanol–water partition coefficient (Wildman–Crippen LogP) is 10.8. The molecule has 1 nitrogen and oxygen atoms in total. The number of hydrogen-bond donors (Lipinski definition) is 0. The van der Waals surface area contributed by atoms with Gasteiger partial charge in [-0.3, -0.25) is 0 Å². The van der Waals surface area contributed by atoms with Crippen LogP contribution in [0.5, 0.6) is 0 Å². The van der Waals surface area contributed by atoms with E-state index in [9.17, 15) is 0 Å². The average molecular weight is 498 g/mol. The number of hydrogen-bond acceptors (Lipinski definition) is 1. The van der Waals surface area contributed by atoms with E-state index in [4.69, 9.17) is 0 Å². The Kier molecular flexibility index (Phi) is 5.88. The molecule has 7 aromatic carbocycles. The van der Waals surface area contributed by atoms with Gasteiger partial charge in [-0.2, -0.15) is 0 Å². The van der Waals surface area contributed by atoms with Crippen LogP contribution in [0.1, 0.15) is 0 Å². The van der Waals surface area contributed by atoms with Gasteiger partial charge in [0, 0.05) is 16.8 Å². The zero-order chi connectivity index (χ0) is 26.0. The maximum absolute atomic E-state index is 2.38. The number of rotatable bonds is 5. The van der Waals surface area contributed by atoms with Gasteiger partial charge in [0.2, 0.25) is 0 Å². The fraction of sp³-hybridized carbons (Fsp3) is 0. The van der Waals surface area contributed by atoms with Crippen molar-refractivity contribution < 1.29 is 0 Å². The van der Waals surface area contributed by atoms with Gasteiger partial charge in [0.05, 0.1) is 5.69 Å². The molecule has 0 spiro atoms. The third-order valence-electron chi connectivity index (χ3n) is 7.43. The highest BCUT2D eigenvalue weighted by molar-refractivity contribution is 5.99. The fourth-order valence-corrected chi connectivity index (χ4v) is 5.46. The van der Waals surface area contributed by atoms with E-state index in [-0.39, 0.29) is 0 Å². The zero-order valence-corrected chi connectivity index (χ0v) is 21.5. The minimum atomic E-state index is 1.13. The summed E-state index contributed by atoms with van der Waals surface area (Å²) in [6.07, 6.45) is 0. The highest BCUT2D eigenvalue weighted by Gasteiger charge is 2.16. The number of anilines is 3. The first-order valence-corrected chi connectivity index (χ1v) is 13.4. The SMILES string of the molecule is c1ccc(-c2ccc(N(c3cccc(-c4ccc5ccccc5c4)c3)c3cccc4ccccc34)cc2)cc1. The standard InChI is InChI=1S/C38H27N/c1-2-10-28(11-3-1)30-22-24-35(25-23-30)39(38-19-9-15-31-13-6-7-18-37(31)38)36-17-8-16-33(27-36)34-21-20-29-12-4-5-14-32(29)26-34/h1-27H. The van der Waals surface area contributed by atoms with Crippen molar-refractivity contribution >= 4 is 38.6 Å². The molecule has 39 heavy (non-hydrogen) atoms. The summed E-state index contributed by atoms with van der Waals surface area (Å²) in [6, 6.07) is 58.7. The van der Waals surface area contributed by atoms with Crippen molar-refractivity contribution in [2.24, 2.45) is 0 Å². The van der Waals surface area contributed by atoms with Gasteiger partial charge in [0.25, 0.3) is 0 Å². The third kappa shape index (κ3) is 4.45. The first-order valence-electron chi connectivity index (χ1n) is 13.4. The van der Waals surface area contributed by atoms with Crippen molar-refractivity contribution in [1.29, 1.82) is 0 Å². The maximum Gasteiger partial charge on any atom is 0.0540 e. The molecule has 7 rings (SSSR count). The lowest BCUT2D eigenvalue weighted by atomic mass is 10.00. The summed E-state index contributed by atoms with van der Waals surface area (Å²) in [5.41, 5.74) is 8.26. The van der Waals surface area contributed by atoms with Gasteiger partial charge in [-0.15, -0.1) is 0 Å². The lowest BCUT2D eigenvalue weighted by molar-refractivity contribution is 1.30. The molecule has 0 aromatic heterocycles. The summed E-state index contributed by atoms with van der Waals surface area (Å²) in [6.45, 7) is 0. The van der Waals surface area contributed by atoms with Crippen molar-refractivity contribution in [3.8, 4) is 22.3 Å². The molecule has 0 saturated carbocycles. The molecule has 0 fully saturated rings. The average Bonchev–Trinajstić information content (AvgIpc) is 3.02. The monoisotopic (exact) mass is 497 g/mol. The number of nitrogens with zero attached hydrogens (tertiary/aromatic N) is 1. The Balaban J connectivity index is 1.38. The summed E-state index contributed by atoms with van der Waals surface area (Å²) in [7, 11) is 0. The van der Waals surface area contributed by atoms with Gasteiger partial charge in [-0.25, -0.2) is 0 Å². The van der Waals surface area contributed by atoms with Crippen molar-refractivity contribution in [3.05, 3.63) is 164 Å². The number of benzene rings is 7. The van der Waals surface area contributed by atoms with E-state index in [2.05, 4.69) is 169 Å². The van der Waals surface area contributed by atoms with E-state index in [0.29, 0.717) is 0 Å². The van der Waals surface area contributed by atoms with E-state index in [0.717, 1.165) is 17.1 Å². The van der Waals surface area contributed by atoms with E-state index >= 15 is 0 Å². The Morgan fingerprint density at radius 3 is 1.74 bits per heavy atom. The molecular weight excluding hydrogens is 470 g/mol. The second-order valence-electron chi connectivity index (χ2n) is 9.86. The van der Waals surface area contributed by atoms with E-state index in [1.54, 1.807) is 0 Å². The van der Waals surface area contributed by atoms with Crippen LogP contribution in [0.15, 0.2) is 164 Å². The third-order valence-corrected chi connectivity index (χ3v) is 7.43. The molecule has 0 aliphatic heterocycles. The van der Waals surface area contributed by atoms with Crippen LogP contribution in [0.2, 0.25) is 0 Å². The minimum absolute atomic E-state index is 1.13. The Labute approximate surface area is 229 Å². The first kappa shape index (κ1) is 23.0. The Morgan fingerprint density at radius 1 is 0.308 bits per heavy atom. The second kappa shape index (κ2) is 9.96. The van der Waals surface area contributed by atoms with Crippen LogP contribution in [0.3, 0.4) is 0 Å². The molecule has 1 heteroatoms. The zero-order valence-electron chi connectivity index (χ0n) is 21.5. The van der Waals surface area contributed by atoms with Crippen LogP contribution in [0, 0.1) is 0 Å². The predicted molar refractivity (Wildman–Crippen MR) is 167 cm³/mol. The highest BCUT2D eigenvalue weighted by Crippen LogP contribution is 2.40. The molecule has 7 aromatic rings. The molecular formula is C38H27N. The quantitative estimate of drug-likeness (QED) is 0.229. The van der Waals surface area contributed by atoms with Gasteiger partial charge in [-0.1, -0.05) is 127 Å². The molecule has 0 unspecified atom stereocenters. The second-order valence-corrected chi connectivity index (χ2v) is 9.86. The summed E-state index contributed by atoms with van der Waals surface area (Å²) < 4.78 is 0. The molecule has 0 radical (unpaired) electrons. The molecule has 0 heterocycles. The lowest BCUT2D eigenvalue weighted by Crippen LogP contribution is -2.10. The van der Waals surface area contributed by atoms with Gasteiger partial charge in [-0.05, 0) is 74.8 Å². The maximum atomic E-state index is 2.38. The largest absolute Gasteiger partial charge is 0.310 e. The van der Waals surface area contributed by atoms with Crippen LogP contribution >= 0.6 is 0 Å². The minimum Gasteiger partial charge on any atom is -0.310 e. The Bertz CT molecular complexity index is 1900. The molecule has 0 bridgehead atoms. The molecule has 0 amide bonds. The molecule has 184 valence electrons. The van der Waals surface area contributed by atoms with Crippen molar-refractivity contribution in [3.63, 3.8) is 0 Å². The van der Waals surface area contributed by atoms with Crippen molar-refractivity contribution in [2.45, 2.75) is 0 Å². The van der Waals surface area contributed by atoms with E-state index in [1.807, 2.05) is 0 Å². The van der Waals surface area contributed by atoms with Crippen LogP contribution in [-0.4, -0.2) is 0 Å². The van der Waals surface area contributed by atoms with Gasteiger partial charge < -0.3 is 4.90 Å². The number of fused-ring (bicyclic) bond motifs is 2. The molecule has 0 atom stereocenters. The van der Waals surface area contributed by atoms with Crippen molar-refractivity contribution in [2.75, 3.05) is 4.90 Å². The van der Waals surface area contributed by atoms with Crippen molar-refractivity contribution in [1.82, 2.24) is 0 Å². The summed E-state index contributed by atoms with van der Waals surface area (Å²) in [5, 5.41) is 4.96. The molecule has 0 N–H and O–H groups in total. The summed E-state index contributed by atoms with van der Waals surface area (Å²) in [5.74, 6) is 0. The van der Waals surface area contributed by atoms with Crippen LogP contribution in [-0.2, 0) is 0 Å². The highest BCUT2D eigenvalue weighted by atomic mass is 15.1. The molecule has 0 aliphatic carbocycles. The molecule has 0 aliphatic rings. The summed E-state index contributed by atoms with van der Waals surface area (Å²) in [4.78, 5) is 2.38. The van der Waals surface area contributed by atoms with Gasteiger partial charge in [0.1, 0.15) is 0 Å². The smallest absolute Gasteiger partial charge is 0.0540 e. The van der Waals surface area contributed by atoms with Gasteiger partial charge in [0.15, 0.2) is 0 Å². The first-order chi connectivity index (χ1) is 19.3. The summed E-state index contributed by atoms with van der Waals surface area (Å²) >= 11 is 0. The van der Waals surface area contributed by atoms with E-state index in [1.165, 1.54) is 43.8 Å². The lowest BCUT2D eigenvalue weighted by Gasteiger charge is -2.27. The Morgan fingerprint density at radius 2 is 0.897 bits per heavy atom. The van der Waals surface area contributed by atoms with Crippen LogP contribution in [0.25, 0.3) is 43.8 Å². The van der Waals surface area contributed by atoms with Crippen LogP contribution < -0.4 is 4.90 Å². The normalized spacial score (nSPS) is 11.1. The van der Waals surface area contributed by atoms with E-state index < -0.39 is 0 Å². The fourth-order valence-electron chi connectivity index (χ4n) is 5.46. The van der Waals surface area contributed by atoms with Crippen LogP contribution in [0.4, 0.5) is 17.1 Å². The Hall–Kier alpha value is -5.14.